The Morgan fingerprint density at radius 2 is 2.19 bits per heavy atom. The number of thiophene rings is 1. The van der Waals surface area contributed by atoms with Crippen LogP contribution < -0.4 is 5.73 Å². The van der Waals surface area contributed by atoms with Gasteiger partial charge in [-0.05, 0) is 24.4 Å². The molecule has 2 rings (SSSR count). The summed E-state index contributed by atoms with van der Waals surface area (Å²) in [6, 6.07) is 4.18. The third kappa shape index (κ3) is 2.34. The highest BCUT2D eigenvalue weighted by Crippen LogP contribution is 2.33. The molecule has 0 fully saturated rings. The highest BCUT2D eigenvalue weighted by Gasteiger charge is 2.23. The van der Waals surface area contributed by atoms with Crippen LogP contribution in [0.4, 0.5) is 0 Å². The van der Waals surface area contributed by atoms with E-state index in [0.29, 0.717) is 6.54 Å². The van der Waals surface area contributed by atoms with Crippen LogP contribution in [0.2, 0.25) is 0 Å². The Kier molecular flexibility index (Phi) is 3.42. The molecule has 0 atom stereocenters. The fourth-order valence-corrected chi connectivity index (χ4v) is 3.41. The highest BCUT2D eigenvalue weighted by molar-refractivity contribution is 7.20. The van der Waals surface area contributed by atoms with Crippen molar-refractivity contribution >= 4 is 22.7 Å². The third-order valence-corrected chi connectivity index (χ3v) is 4.58. The van der Waals surface area contributed by atoms with Gasteiger partial charge < -0.3 is 5.73 Å². The van der Waals surface area contributed by atoms with E-state index in [1.165, 1.54) is 4.88 Å². The third-order valence-electron chi connectivity index (χ3n) is 2.70. The van der Waals surface area contributed by atoms with E-state index in [0.717, 1.165) is 17.1 Å². The van der Waals surface area contributed by atoms with Crippen LogP contribution >= 0.6 is 22.7 Å². The molecule has 0 aliphatic rings. The zero-order chi connectivity index (χ0) is 11.6. The number of hydrogen-bond acceptors (Lipinski definition) is 4. The van der Waals surface area contributed by atoms with Crippen LogP contribution in [0.3, 0.4) is 0 Å². The Morgan fingerprint density at radius 1 is 1.38 bits per heavy atom. The monoisotopic (exact) mass is 252 g/mol. The SMILES string of the molecule is CC(C)(CCN)c1csc(-c2cccs2)n1. The molecule has 2 N–H and O–H groups in total. The topological polar surface area (TPSA) is 38.9 Å². The lowest BCUT2D eigenvalue weighted by Crippen LogP contribution is -2.22. The van der Waals surface area contributed by atoms with E-state index in [9.17, 15) is 0 Å². The molecule has 0 radical (unpaired) electrons. The van der Waals surface area contributed by atoms with Crippen molar-refractivity contribution in [2.45, 2.75) is 25.7 Å². The molecule has 0 saturated carbocycles. The van der Waals surface area contributed by atoms with Crippen molar-refractivity contribution in [3.8, 4) is 9.88 Å². The maximum Gasteiger partial charge on any atom is 0.133 e. The van der Waals surface area contributed by atoms with Gasteiger partial charge in [0, 0.05) is 10.8 Å². The molecule has 0 saturated heterocycles. The highest BCUT2D eigenvalue weighted by atomic mass is 32.1. The lowest BCUT2D eigenvalue weighted by Gasteiger charge is -2.21. The standard InChI is InChI=1S/C12H16N2S2/c1-12(2,5-6-13)10-8-16-11(14-10)9-4-3-7-15-9/h3-4,7-8H,5-6,13H2,1-2H3. The van der Waals surface area contributed by atoms with Crippen LogP contribution in [0.1, 0.15) is 26.0 Å². The predicted octanol–water partition coefficient (Wildman–Crippen LogP) is 3.50. The van der Waals surface area contributed by atoms with Gasteiger partial charge in [-0.25, -0.2) is 4.98 Å². The Hall–Kier alpha value is -0.710. The molecule has 2 heterocycles. The van der Waals surface area contributed by atoms with Gasteiger partial charge in [-0.1, -0.05) is 19.9 Å². The minimum absolute atomic E-state index is 0.0841. The van der Waals surface area contributed by atoms with Crippen molar-refractivity contribution in [2.75, 3.05) is 6.54 Å². The number of aromatic nitrogens is 1. The minimum Gasteiger partial charge on any atom is -0.330 e. The van der Waals surface area contributed by atoms with E-state index in [-0.39, 0.29) is 5.41 Å². The number of nitrogens with two attached hydrogens (primary N) is 1. The average molecular weight is 252 g/mol. The van der Waals surface area contributed by atoms with Crippen molar-refractivity contribution in [3.05, 3.63) is 28.6 Å². The number of rotatable bonds is 4. The van der Waals surface area contributed by atoms with Gasteiger partial charge in [0.25, 0.3) is 0 Å². The normalized spacial score (nSPS) is 11.9. The first-order valence-corrected chi connectivity index (χ1v) is 7.09. The van der Waals surface area contributed by atoms with Gasteiger partial charge in [0.2, 0.25) is 0 Å². The van der Waals surface area contributed by atoms with Gasteiger partial charge in [-0.2, -0.15) is 0 Å². The Balaban J connectivity index is 2.26. The van der Waals surface area contributed by atoms with E-state index >= 15 is 0 Å². The molecular weight excluding hydrogens is 236 g/mol. The molecule has 0 bridgehead atoms. The molecule has 4 heteroatoms. The molecule has 0 amide bonds. The molecule has 0 aliphatic carbocycles. The van der Waals surface area contributed by atoms with Crippen molar-refractivity contribution < 1.29 is 0 Å². The molecule has 2 aromatic heterocycles. The van der Waals surface area contributed by atoms with Crippen LogP contribution in [-0.2, 0) is 5.41 Å². The van der Waals surface area contributed by atoms with E-state index in [2.05, 4.69) is 36.7 Å². The van der Waals surface area contributed by atoms with E-state index < -0.39 is 0 Å². The van der Waals surface area contributed by atoms with Gasteiger partial charge in [-0.3, -0.25) is 0 Å². The Bertz CT molecular complexity index is 443. The van der Waals surface area contributed by atoms with Gasteiger partial charge in [-0.15, -0.1) is 22.7 Å². The second-order valence-electron chi connectivity index (χ2n) is 4.44. The van der Waals surface area contributed by atoms with E-state index in [4.69, 9.17) is 10.7 Å². The molecule has 0 unspecified atom stereocenters. The van der Waals surface area contributed by atoms with E-state index in [1.807, 2.05) is 0 Å². The van der Waals surface area contributed by atoms with Crippen LogP contribution in [0.25, 0.3) is 9.88 Å². The van der Waals surface area contributed by atoms with Gasteiger partial charge in [0.15, 0.2) is 0 Å². The molecule has 86 valence electrons. The summed E-state index contributed by atoms with van der Waals surface area (Å²) in [5, 5.41) is 5.36. The lowest BCUT2D eigenvalue weighted by atomic mass is 9.86. The maximum absolute atomic E-state index is 5.63. The molecule has 16 heavy (non-hydrogen) atoms. The van der Waals surface area contributed by atoms with Crippen molar-refractivity contribution in [2.24, 2.45) is 5.73 Å². The summed E-state index contributed by atoms with van der Waals surface area (Å²) < 4.78 is 0. The molecular formula is C12H16N2S2. The lowest BCUT2D eigenvalue weighted by molar-refractivity contribution is 0.476. The molecule has 0 spiro atoms. The first-order valence-electron chi connectivity index (χ1n) is 5.33. The van der Waals surface area contributed by atoms with Crippen LogP contribution in [0.5, 0.6) is 0 Å². The first kappa shape index (κ1) is 11.8. The molecule has 0 aliphatic heterocycles. The number of nitrogens with zero attached hydrogens (tertiary/aromatic N) is 1. The molecule has 0 aromatic carbocycles. The van der Waals surface area contributed by atoms with Crippen LogP contribution in [0, 0.1) is 0 Å². The van der Waals surface area contributed by atoms with Gasteiger partial charge >= 0.3 is 0 Å². The minimum atomic E-state index is 0.0841. The largest absolute Gasteiger partial charge is 0.330 e. The van der Waals surface area contributed by atoms with Gasteiger partial charge in [0.1, 0.15) is 5.01 Å². The Labute approximate surface area is 104 Å². The molecule has 2 aromatic rings. The molecule has 2 nitrogen and oxygen atoms in total. The van der Waals surface area contributed by atoms with Crippen LogP contribution in [0.15, 0.2) is 22.9 Å². The quantitative estimate of drug-likeness (QED) is 0.904. The number of hydrogen-bond donors (Lipinski definition) is 1. The van der Waals surface area contributed by atoms with Crippen molar-refractivity contribution in [1.82, 2.24) is 4.98 Å². The predicted molar refractivity (Wildman–Crippen MR) is 72.1 cm³/mol. The fourth-order valence-electron chi connectivity index (χ4n) is 1.59. The van der Waals surface area contributed by atoms with E-state index in [1.54, 1.807) is 22.7 Å². The van der Waals surface area contributed by atoms with Crippen LogP contribution in [-0.4, -0.2) is 11.5 Å². The zero-order valence-electron chi connectivity index (χ0n) is 9.56. The average Bonchev–Trinajstić information content (AvgIpc) is 2.89. The first-order chi connectivity index (χ1) is 7.63. The van der Waals surface area contributed by atoms with Gasteiger partial charge in [0.05, 0.1) is 10.6 Å². The summed E-state index contributed by atoms with van der Waals surface area (Å²) in [4.78, 5) is 5.97. The fraction of sp³-hybridized carbons (Fsp3) is 0.417. The summed E-state index contributed by atoms with van der Waals surface area (Å²) in [5.74, 6) is 0. The second-order valence-corrected chi connectivity index (χ2v) is 6.24. The Morgan fingerprint density at radius 3 is 2.81 bits per heavy atom. The summed E-state index contributed by atoms with van der Waals surface area (Å²) >= 11 is 3.46. The summed E-state index contributed by atoms with van der Waals surface area (Å²) in [6.45, 7) is 5.11. The second kappa shape index (κ2) is 4.65. The smallest absolute Gasteiger partial charge is 0.133 e. The maximum atomic E-state index is 5.63. The summed E-state index contributed by atoms with van der Waals surface area (Å²) in [6.07, 6.45) is 0.973. The zero-order valence-corrected chi connectivity index (χ0v) is 11.2. The number of thiazole rings is 1. The van der Waals surface area contributed by atoms with Crippen molar-refractivity contribution in [3.63, 3.8) is 0 Å². The summed E-state index contributed by atoms with van der Waals surface area (Å²) in [5.41, 5.74) is 6.87. The van der Waals surface area contributed by atoms with Crippen molar-refractivity contribution in [1.29, 1.82) is 0 Å². The summed E-state index contributed by atoms with van der Waals surface area (Å²) in [7, 11) is 0.